The van der Waals surface area contributed by atoms with Crippen molar-refractivity contribution in [3.05, 3.63) is 59.2 Å². The van der Waals surface area contributed by atoms with Gasteiger partial charge in [0.15, 0.2) is 0 Å². The Morgan fingerprint density at radius 3 is 2.71 bits per heavy atom. The molecule has 2 aromatic carbocycles. The number of rotatable bonds is 8. The number of H-pyrrole nitrogens is 1. The molecule has 3 rings (SSSR count). The van der Waals surface area contributed by atoms with Crippen LogP contribution in [0.15, 0.2) is 48.7 Å². The number of aromatic nitrogens is 1. The summed E-state index contributed by atoms with van der Waals surface area (Å²) in [6, 6.07) is 12.6. The van der Waals surface area contributed by atoms with E-state index in [-0.39, 0.29) is 11.8 Å². The highest BCUT2D eigenvalue weighted by Crippen LogP contribution is 2.22. The van der Waals surface area contributed by atoms with Crippen LogP contribution in [0.3, 0.4) is 0 Å². The molecule has 0 saturated carbocycles. The molecule has 2 amide bonds. The van der Waals surface area contributed by atoms with Crippen molar-refractivity contribution in [2.24, 2.45) is 0 Å². The van der Waals surface area contributed by atoms with Crippen molar-refractivity contribution in [3.8, 4) is 0 Å². The molecule has 0 aliphatic heterocycles. The molecule has 0 saturated heterocycles. The molecule has 28 heavy (non-hydrogen) atoms. The van der Waals surface area contributed by atoms with E-state index in [0.717, 1.165) is 30.2 Å². The number of benzene rings is 2. The van der Waals surface area contributed by atoms with Gasteiger partial charge < -0.3 is 21.4 Å². The number of unbranched alkanes of at least 4 members (excludes halogenated alkanes) is 2. The molecule has 0 spiro atoms. The largest absolute Gasteiger partial charge is 0.397 e. The topological polar surface area (TPSA) is 100 Å². The van der Waals surface area contributed by atoms with Gasteiger partial charge in [0.1, 0.15) is 0 Å². The van der Waals surface area contributed by atoms with Crippen molar-refractivity contribution in [3.63, 3.8) is 0 Å². The highest BCUT2D eigenvalue weighted by molar-refractivity contribution is 6.31. The Morgan fingerprint density at radius 1 is 1.07 bits per heavy atom. The molecule has 0 fully saturated rings. The van der Waals surface area contributed by atoms with Crippen molar-refractivity contribution in [1.82, 2.24) is 10.3 Å². The maximum Gasteiger partial charge on any atom is 0.253 e. The zero-order valence-electron chi connectivity index (χ0n) is 15.4. The SMILES string of the molecule is Nc1ccccc1NC(=O)CCCCCNC(=O)c1c[nH]c2ccc(Cl)cc12. The molecular formula is C21H23ClN4O2. The van der Waals surface area contributed by atoms with Gasteiger partial charge >= 0.3 is 0 Å². The molecule has 0 aliphatic rings. The summed E-state index contributed by atoms with van der Waals surface area (Å²) in [5, 5.41) is 7.13. The number of halogens is 1. The van der Waals surface area contributed by atoms with Crippen molar-refractivity contribution >= 4 is 45.7 Å². The molecule has 146 valence electrons. The summed E-state index contributed by atoms with van der Waals surface area (Å²) in [6.07, 6.45) is 4.50. The number of nitrogen functional groups attached to an aromatic ring is 1. The van der Waals surface area contributed by atoms with Gasteiger partial charge in [-0.3, -0.25) is 9.59 Å². The predicted octanol–water partition coefficient (Wildman–Crippen LogP) is 4.33. The Balaban J connectivity index is 1.36. The van der Waals surface area contributed by atoms with E-state index in [1.165, 1.54) is 0 Å². The van der Waals surface area contributed by atoms with Gasteiger partial charge in [0.2, 0.25) is 5.91 Å². The lowest BCUT2D eigenvalue weighted by Gasteiger charge is -2.08. The van der Waals surface area contributed by atoms with Gasteiger partial charge in [0.05, 0.1) is 16.9 Å². The summed E-state index contributed by atoms with van der Waals surface area (Å²) < 4.78 is 0. The van der Waals surface area contributed by atoms with Gasteiger partial charge in [-0.05, 0) is 43.2 Å². The fourth-order valence-electron chi connectivity index (χ4n) is 2.99. The predicted molar refractivity (Wildman–Crippen MR) is 114 cm³/mol. The minimum absolute atomic E-state index is 0.0578. The standard InChI is InChI=1S/C21H23ClN4O2/c22-14-9-10-18-15(12-14)16(13-25-18)21(28)24-11-5-1-2-8-20(27)26-19-7-4-3-6-17(19)23/h3-4,6-7,9-10,12-13,25H,1-2,5,8,11,23H2,(H,24,28)(H,26,27). The van der Waals surface area contributed by atoms with E-state index in [1.807, 2.05) is 18.2 Å². The maximum absolute atomic E-state index is 12.4. The number of nitrogens with one attached hydrogen (secondary N) is 3. The third-order valence-corrected chi connectivity index (χ3v) is 4.72. The van der Waals surface area contributed by atoms with Gasteiger partial charge in [-0.1, -0.05) is 30.2 Å². The van der Waals surface area contributed by atoms with Crippen molar-refractivity contribution in [1.29, 1.82) is 0 Å². The van der Waals surface area contributed by atoms with E-state index in [1.54, 1.807) is 30.5 Å². The Kier molecular flexibility index (Phi) is 6.55. The summed E-state index contributed by atoms with van der Waals surface area (Å²) in [6.45, 7) is 0.555. The highest BCUT2D eigenvalue weighted by atomic mass is 35.5. The summed E-state index contributed by atoms with van der Waals surface area (Å²) in [5.41, 5.74) is 8.46. The molecule has 1 heterocycles. The van der Waals surface area contributed by atoms with E-state index >= 15 is 0 Å². The van der Waals surface area contributed by atoms with Gasteiger partial charge in [-0.25, -0.2) is 0 Å². The molecule has 6 nitrogen and oxygen atoms in total. The first-order chi connectivity index (χ1) is 13.5. The first-order valence-corrected chi connectivity index (χ1v) is 9.61. The third kappa shape index (κ3) is 5.04. The van der Waals surface area contributed by atoms with Crippen molar-refractivity contribution in [2.75, 3.05) is 17.6 Å². The highest BCUT2D eigenvalue weighted by Gasteiger charge is 2.12. The number of carbonyl (C=O) groups excluding carboxylic acids is 2. The lowest BCUT2D eigenvalue weighted by Crippen LogP contribution is -2.24. The molecule has 0 unspecified atom stereocenters. The maximum atomic E-state index is 12.4. The third-order valence-electron chi connectivity index (χ3n) is 4.49. The lowest BCUT2D eigenvalue weighted by atomic mass is 10.1. The zero-order valence-corrected chi connectivity index (χ0v) is 16.2. The lowest BCUT2D eigenvalue weighted by molar-refractivity contribution is -0.116. The number of nitrogens with two attached hydrogens (primary N) is 1. The molecule has 0 radical (unpaired) electrons. The molecular weight excluding hydrogens is 376 g/mol. The molecule has 7 heteroatoms. The fraction of sp³-hybridized carbons (Fsp3) is 0.238. The van der Waals surface area contributed by atoms with Crippen molar-refractivity contribution in [2.45, 2.75) is 25.7 Å². The second-order valence-corrected chi connectivity index (χ2v) is 7.03. The monoisotopic (exact) mass is 398 g/mol. The summed E-state index contributed by atoms with van der Waals surface area (Å²) in [4.78, 5) is 27.4. The minimum Gasteiger partial charge on any atom is -0.397 e. The fourth-order valence-corrected chi connectivity index (χ4v) is 3.16. The summed E-state index contributed by atoms with van der Waals surface area (Å²) in [5.74, 6) is -0.191. The molecule has 3 aromatic rings. The van der Waals surface area contributed by atoms with E-state index in [9.17, 15) is 9.59 Å². The van der Waals surface area contributed by atoms with E-state index in [4.69, 9.17) is 17.3 Å². The quantitative estimate of drug-likeness (QED) is 0.335. The first kappa shape index (κ1) is 19.8. The van der Waals surface area contributed by atoms with E-state index < -0.39 is 0 Å². The molecule has 0 aliphatic carbocycles. The molecule has 5 N–H and O–H groups in total. The average molecular weight is 399 g/mol. The number of hydrogen-bond acceptors (Lipinski definition) is 3. The van der Waals surface area contributed by atoms with Gasteiger partial charge in [0, 0.05) is 35.1 Å². The first-order valence-electron chi connectivity index (χ1n) is 9.24. The number of para-hydroxylation sites is 2. The van der Waals surface area contributed by atoms with E-state index in [0.29, 0.717) is 34.9 Å². The van der Waals surface area contributed by atoms with Crippen LogP contribution in [0.1, 0.15) is 36.0 Å². The van der Waals surface area contributed by atoms with Crippen LogP contribution in [-0.2, 0) is 4.79 Å². The van der Waals surface area contributed by atoms with Crippen LogP contribution in [0.25, 0.3) is 10.9 Å². The summed E-state index contributed by atoms with van der Waals surface area (Å²) >= 11 is 6.01. The normalized spacial score (nSPS) is 10.8. The minimum atomic E-state index is -0.134. The smallest absolute Gasteiger partial charge is 0.253 e. The Hall–Kier alpha value is -2.99. The van der Waals surface area contributed by atoms with Gasteiger partial charge in [0.25, 0.3) is 5.91 Å². The molecule has 0 bridgehead atoms. The van der Waals surface area contributed by atoms with Crippen LogP contribution in [0.5, 0.6) is 0 Å². The van der Waals surface area contributed by atoms with Gasteiger partial charge in [-0.2, -0.15) is 0 Å². The number of aromatic amines is 1. The number of fused-ring (bicyclic) bond motifs is 1. The second-order valence-electron chi connectivity index (χ2n) is 6.59. The van der Waals surface area contributed by atoms with E-state index in [2.05, 4.69) is 15.6 Å². The number of anilines is 2. The summed E-state index contributed by atoms with van der Waals surface area (Å²) in [7, 11) is 0. The second kappa shape index (κ2) is 9.28. The zero-order chi connectivity index (χ0) is 19.9. The van der Waals surface area contributed by atoms with Crippen LogP contribution in [0, 0.1) is 0 Å². The Bertz CT molecular complexity index is 983. The van der Waals surface area contributed by atoms with Crippen LogP contribution < -0.4 is 16.4 Å². The Morgan fingerprint density at radius 2 is 1.89 bits per heavy atom. The number of hydrogen-bond donors (Lipinski definition) is 4. The van der Waals surface area contributed by atoms with Gasteiger partial charge in [-0.15, -0.1) is 0 Å². The van der Waals surface area contributed by atoms with Crippen LogP contribution in [-0.4, -0.2) is 23.3 Å². The van der Waals surface area contributed by atoms with Crippen LogP contribution in [0.4, 0.5) is 11.4 Å². The number of carbonyl (C=O) groups is 2. The molecule has 0 atom stereocenters. The Labute approximate surface area is 168 Å². The number of amides is 2. The molecule has 1 aromatic heterocycles. The van der Waals surface area contributed by atoms with Crippen LogP contribution in [0.2, 0.25) is 5.02 Å². The average Bonchev–Trinajstić information content (AvgIpc) is 3.09. The van der Waals surface area contributed by atoms with Crippen LogP contribution >= 0.6 is 11.6 Å². The van der Waals surface area contributed by atoms with Crippen molar-refractivity contribution < 1.29 is 9.59 Å².